The van der Waals surface area contributed by atoms with Crippen molar-refractivity contribution in [3.05, 3.63) is 41.0 Å². The Morgan fingerprint density at radius 2 is 2.12 bits per heavy atom. The predicted molar refractivity (Wildman–Crippen MR) is 98.4 cm³/mol. The van der Waals surface area contributed by atoms with Crippen molar-refractivity contribution in [2.45, 2.75) is 19.8 Å². The Morgan fingerprint density at radius 3 is 2.72 bits per heavy atom. The highest BCUT2D eigenvalue weighted by atomic mass is 32.1. The Labute approximate surface area is 149 Å². The number of nitrogens with one attached hydrogen (secondary N) is 2. The molecule has 0 aliphatic carbocycles. The first-order chi connectivity index (χ1) is 12.0. The van der Waals surface area contributed by atoms with Crippen LogP contribution in [0.5, 0.6) is 0 Å². The normalized spacial score (nSPS) is 14.4. The van der Waals surface area contributed by atoms with Crippen LogP contribution in [0.2, 0.25) is 0 Å². The number of likely N-dealkylation sites (tertiary alicyclic amines) is 1. The molecular weight excluding hydrogens is 341 g/mol. The topological polar surface area (TPSA) is 70.2 Å². The molecule has 1 fully saturated rings. The fourth-order valence-corrected chi connectivity index (χ4v) is 3.24. The highest BCUT2D eigenvalue weighted by Crippen LogP contribution is 2.23. The van der Waals surface area contributed by atoms with Crippen LogP contribution in [-0.4, -0.2) is 40.4 Å². The second-order valence-electron chi connectivity index (χ2n) is 5.85. The molecule has 8 heteroatoms. The zero-order valence-corrected chi connectivity index (χ0v) is 15.0. The fourth-order valence-electron chi connectivity index (χ4n) is 2.68. The minimum atomic E-state index is -0.244. The van der Waals surface area contributed by atoms with Gasteiger partial charge in [-0.25, -0.2) is 14.2 Å². The molecule has 0 saturated carbocycles. The molecule has 0 atom stereocenters. The number of aryl methyl sites for hydroxylation is 1. The van der Waals surface area contributed by atoms with Gasteiger partial charge < -0.3 is 10.2 Å². The van der Waals surface area contributed by atoms with E-state index in [1.54, 1.807) is 24.9 Å². The first-order valence-electron chi connectivity index (χ1n) is 8.08. The van der Waals surface area contributed by atoms with Gasteiger partial charge in [-0.1, -0.05) is 11.6 Å². The largest absolute Gasteiger partial charge is 0.388 e. The third kappa shape index (κ3) is 4.33. The van der Waals surface area contributed by atoms with Crippen LogP contribution < -0.4 is 10.6 Å². The summed E-state index contributed by atoms with van der Waals surface area (Å²) >= 11 is 1.17. The number of hydrogen-bond donors (Lipinski definition) is 2. The minimum Gasteiger partial charge on any atom is -0.388 e. The SMILES string of the molecule is CNc1ccc(C=C2CCN(C(=O)Nc3nc(C)ns3)CC2)c(F)c1. The van der Waals surface area contributed by atoms with Crippen LogP contribution in [0, 0.1) is 12.7 Å². The lowest BCUT2D eigenvalue weighted by atomic mass is 10.0. The van der Waals surface area contributed by atoms with Crippen LogP contribution in [0.4, 0.5) is 20.0 Å². The summed E-state index contributed by atoms with van der Waals surface area (Å²) in [6.07, 6.45) is 3.35. The number of rotatable bonds is 3. The molecule has 132 valence electrons. The maximum atomic E-state index is 14.1. The Bertz CT molecular complexity index is 794. The van der Waals surface area contributed by atoms with Gasteiger partial charge in [0.1, 0.15) is 11.6 Å². The van der Waals surface area contributed by atoms with E-state index >= 15 is 0 Å². The van der Waals surface area contributed by atoms with E-state index in [0.717, 1.165) is 24.1 Å². The zero-order chi connectivity index (χ0) is 17.8. The van der Waals surface area contributed by atoms with Crippen molar-refractivity contribution in [3.8, 4) is 0 Å². The van der Waals surface area contributed by atoms with Gasteiger partial charge in [0.2, 0.25) is 5.13 Å². The first kappa shape index (κ1) is 17.3. The molecule has 0 spiro atoms. The second kappa shape index (κ2) is 7.60. The van der Waals surface area contributed by atoms with E-state index in [4.69, 9.17) is 0 Å². The number of hydrogen-bond acceptors (Lipinski definition) is 5. The van der Waals surface area contributed by atoms with Crippen LogP contribution in [0.15, 0.2) is 23.8 Å². The Kier molecular flexibility index (Phi) is 5.28. The van der Waals surface area contributed by atoms with Gasteiger partial charge in [-0.05, 0) is 38.0 Å². The molecule has 0 unspecified atom stereocenters. The molecule has 1 aliphatic rings. The van der Waals surface area contributed by atoms with E-state index in [2.05, 4.69) is 20.0 Å². The average Bonchev–Trinajstić information content (AvgIpc) is 3.02. The van der Waals surface area contributed by atoms with Crippen LogP contribution >= 0.6 is 11.5 Å². The van der Waals surface area contributed by atoms with Crippen LogP contribution in [0.1, 0.15) is 24.2 Å². The summed E-state index contributed by atoms with van der Waals surface area (Å²) in [5.74, 6) is 0.404. The lowest BCUT2D eigenvalue weighted by molar-refractivity contribution is 0.208. The van der Waals surface area contributed by atoms with E-state index in [1.807, 2.05) is 12.1 Å². The lowest BCUT2D eigenvalue weighted by Crippen LogP contribution is -2.39. The average molecular weight is 361 g/mol. The van der Waals surface area contributed by atoms with Gasteiger partial charge >= 0.3 is 6.03 Å². The second-order valence-corrected chi connectivity index (χ2v) is 6.60. The van der Waals surface area contributed by atoms with Gasteiger partial charge in [0.15, 0.2) is 0 Å². The summed E-state index contributed by atoms with van der Waals surface area (Å²) in [5, 5.41) is 6.19. The van der Waals surface area contributed by atoms with Gasteiger partial charge in [0.25, 0.3) is 0 Å². The maximum absolute atomic E-state index is 14.1. The van der Waals surface area contributed by atoms with Crippen molar-refractivity contribution in [1.82, 2.24) is 14.3 Å². The Hall–Kier alpha value is -2.48. The number of halogens is 1. The zero-order valence-electron chi connectivity index (χ0n) is 14.2. The van der Waals surface area contributed by atoms with Crippen molar-refractivity contribution in [2.24, 2.45) is 0 Å². The highest BCUT2D eigenvalue weighted by molar-refractivity contribution is 7.09. The number of amides is 2. The number of carbonyl (C=O) groups is 1. The maximum Gasteiger partial charge on any atom is 0.323 e. The third-order valence-corrected chi connectivity index (χ3v) is 4.80. The van der Waals surface area contributed by atoms with E-state index in [-0.39, 0.29) is 11.8 Å². The smallest absolute Gasteiger partial charge is 0.323 e. The quantitative estimate of drug-likeness (QED) is 0.874. The third-order valence-electron chi connectivity index (χ3n) is 4.08. The number of urea groups is 1. The molecule has 1 aromatic carbocycles. The standard InChI is InChI=1S/C17H20FN5OS/c1-11-20-16(25-22-11)21-17(24)23-7-5-12(6-8-23)9-13-3-4-14(19-2)10-15(13)18/h3-4,9-10,19H,5-8H2,1-2H3,(H,20,21,22,24). The van der Waals surface area contributed by atoms with E-state index in [0.29, 0.717) is 29.6 Å². The number of carbonyl (C=O) groups excluding carboxylic acids is 1. The predicted octanol–water partition coefficient (Wildman–Crippen LogP) is 3.74. The summed E-state index contributed by atoms with van der Waals surface area (Å²) in [6, 6.07) is 4.94. The molecule has 2 amide bonds. The number of piperidine rings is 1. The van der Waals surface area contributed by atoms with Crippen LogP contribution in [0.3, 0.4) is 0 Å². The monoisotopic (exact) mass is 361 g/mol. The Morgan fingerprint density at radius 1 is 1.36 bits per heavy atom. The number of nitrogens with zero attached hydrogens (tertiary/aromatic N) is 3. The molecule has 3 rings (SSSR count). The molecule has 0 bridgehead atoms. The molecule has 1 saturated heterocycles. The van der Waals surface area contributed by atoms with E-state index < -0.39 is 0 Å². The molecule has 0 radical (unpaired) electrons. The molecule has 1 aromatic heterocycles. The Balaban J connectivity index is 1.58. The summed E-state index contributed by atoms with van der Waals surface area (Å²) in [7, 11) is 1.76. The molecule has 25 heavy (non-hydrogen) atoms. The van der Waals surface area contributed by atoms with Gasteiger partial charge in [-0.15, -0.1) is 0 Å². The van der Waals surface area contributed by atoms with Crippen molar-refractivity contribution in [2.75, 3.05) is 30.8 Å². The number of anilines is 2. The molecular formula is C17H20FN5OS. The highest BCUT2D eigenvalue weighted by Gasteiger charge is 2.20. The van der Waals surface area contributed by atoms with Crippen molar-refractivity contribution < 1.29 is 9.18 Å². The molecule has 6 nitrogen and oxygen atoms in total. The van der Waals surface area contributed by atoms with E-state index in [1.165, 1.54) is 17.6 Å². The summed E-state index contributed by atoms with van der Waals surface area (Å²) in [5.41, 5.74) is 2.47. The lowest BCUT2D eigenvalue weighted by Gasteiger charge is -2.28. The van der Waals surface area contributed by atoms with Crippen LogP contribution in [0.25, 0.3) is 6.08 Å². The first-order valence-corrected chi connectivity index (χ1v) is 8.85. The van der Waals surface area contributed by atoms with Crippen molar-refractivity contribution in [3.63, 3.8) is 0 Å². The summed E-state index contributed by atoms with van der Waals surface area (Å²) in [6.45, 7) is 2.99. The van der Waals surface area contributed by atoms with Gasteiger partial charge in [-0.2, -0.15) is 4.37 Å². The summed E-state index contributed by atoms with van der Waals surface area (Å²) in [4.78, 5) is 18.1. The van der Waals surface area contributed by atoms with E-state index in [9.17, 15) is 9.18 Å². The summed E-state index contributed by atoms with van der Waals surface area (Å²) < 4.78 is 18.1. The number of aromatic nitrogens is 2. The minimum absolute atomic E-state index is 0.167. The van der Waals surface area contributed by atoms with Gasteiger partial charge in [-0.3, -0.25) is 5.32 Å². The molecule has 1 aliphatic heterocycles. The van der Waals surface area contributed by atoms with Gasteiger partial charge in [0.05, 0.1) is 0 Å². The molecule has 2 N–H and O–H groups in total. The molecule has 2 aromatic rings. The molecule has 2 heterocycles. The van der Waals surface area contributed by atoms with Crippen molar-refractivity contribution in [1.29, 1.82) is 0 Å². The van der Waals surface area contributed by atoms with Crippen molar-refractivity contribution >= 4 is 34.5 Å². The van der Waals surface area contributed by atoms with Crippen LogP contribution in [-0.2, 0) is 0 Å². The number of benzene rings is 1. The van der Waals surface area contributed by atoms with Gasteiger partial charge in [0, 0.05) is 42.9 Å². The fraction of sp³-hybridized carbons (Fsp3) is 0.353.